The number of halogens is 2. The van der Waals surface area contributed by atoms with Crippen molar-refractivity contribution in [3.8, 4) is 0 Å². The summed E-state index contributed by atoms with van der Waals surface area (Å²) in [6.07, 6.45) is 0.307. The van der Waals surface area contributed by atoms with E-state index in [9.17, 15) is 19.3 Å². The first-order valence-electron chi connectivity index (χ1n) is 7.12. The van der Waals surface area contributed by atoms with Crippen molar-refractivity contribution in [3.05, 3.63) is 38.1 Å². The molecule has 1 aromatic rings. The van der Waals surface area contributed by atoms with Crippen LogP contribution in [0.4, 0.5) is 10.1 Å². The number of carbonyl (C=O) groups excluding carboxylic acids is 1. The number of rotatable bonds is 1. The van der Waals surface area contributed by atoms with Gasteiger partial charge in [-0.3, -0.25) is 14.9 Å². The molecule has 1 saturated heterocycles. The first-order valence-corrected chi connectivity index (χ1v) is 7.50. The Morgan fingerprint density at radius 3 is 2.57 bits per heavy atom. The number of ether oxygens (including phenoxy) is 1. The molecule has 3 rings (SSSR count). The van der Waals surface area contributed by atoms with Crippen LogP contribution in [-0.2, 0) is 11.2 Å². The van der Waals surface area contributed by atoms with Gasteiger partial charge in [-0.1, -0.05) is 11.6 Å². The van der Waals surface area contributed by atoms with E-state index in [-0.39, 0.29) is 11.1 Å². The molecule has 0 spiro atoms. The molecule has 0 bridgehead atoms. The first kappa shape index (κ1) is 17.6. The van der Waals surface area contributed by atoms with Gasteiger partial charge in [0.2, 0.25) is 0 Å². The molecule has 0 aromatic heterocycles. The molecule has 2 heterocycles. The largest absolute Gasteiger partial charge is 0.379 e. The zero-order valence-corrected chi connectivity index (χ0v) is 13.4. The Morgan fingerprint density at radius 1 is 1.43 bits per heavy atom. The maximum Gasteiger partial charge on any atom is 0.291 e. The number of morpholine rings is 1. The number of nitro benzene ring substituents is 1. The Bertz CT molecular complexity index is 611. The van der Waals surface area contributed by atoms with Crippen molar-refractivity contribution < 1.29 is 18.8 Å². The average Bonchev–Trinajstić information content (AvgIpc) is 2.56. The van der Waals surface area contributed by atoms with Gasteiger partial charge >= 0.3 is 0 Å². The maximum absolute atomic E-state index is 13.8. The smallest absolute Gasteiger partial charge is 0.291 e. The minimum absolute atomic E-state index is 0.0207. The molecule has 1 N–H and O–H groups in total. The van der Waals surface area contributed by atoms with Crippen molar-refractivity contribution in [3.63, 3.8) is 0 Å². The van der Waals surface area contributed by atoms with Crippen LogP contribution in [0.25, 0.3) is 0 Å². The number of hydrogen-bond acceptors (Lipinski definition) is 5. The summed E-state index contributed by atoms with van der Waals surface area (Å²) in [5, 5.41) is 13.3. The lowest BCUT2D eigenvalue weighted by molar-refractivity contribution is -0.384. The van der Waals surface area contributed by atoms with Crippen molar-refractivity contribution in [1.82, 2.24) is 10.2 Å². The van der Waals surface area contributed by atoms with Gasteiger partial charge < -0.3 is 15.0 Å². The van der Waals surface area contributed by atoms with Gasteiger partial charge in [0.15, 0.2) is 10.8 Å². The Balaban J connectivity index is 0.000000268. The molecule has 0 radical (unpaired) electrons. The Hall–Kier alpha value is -1.77. The van der Waals surface area contributed by atoms with Crippen molar-refractivity contribution >= 4 is 23.2 Å². The molecule has 0 unspecified atom stereocenters. The van der Waals surface area contributed by atoms with Gasteiger partial charge in [-0.05, 0) is 6.42 Å². The van der Waals surface area contributed by atoms with E-state index >= 15 is 0 Å². The van der Waals surface area contributed by atoms with E-state index < -0.39 is 27.4 Å². The number of hydrogen-bond donors (Lipinski definition) is 1. The molecule has 7 nitrogen and oxygen atoms in total. The molecule has 1 amide bonds. The summed E-state index contributed by atoms with van der Waals surface area (Å²) in [5.74, 6) is -1.29. The van der Waals surface area contributed by atoms with E-state index in [4.69, 9.17) is 16.3 Å². The van der Waals surface area contributed by atoms with Crippen LogP contribution in [0.1, 0.15) is 15.9 Å². The van der Waals surface area contributed by atoms with Gasteiger partial charge in [-0.2, -0.15) is 0 Å². The lowest BCUT2D eigenvalue weighted by Gasteiger charge is -2.25. The fraction of sp³-hybridized carbons (Fsp3) is 0.500. The third kappa shape index (κ3) is 3.95. The Labute approximate surface area is 137 Å². The standard InChI is InChI=1S/C10H8ClFN2O3.C4H9NO/c1-13-3-2-5-6(10(13)15)4-7(14(16)17)8(11)9(5)12;1-3-6-4-2-5-1/h4H,2-3H2,1H3;5H,1-4H2. The molecular weight excluding hydrogens is 329 g/mol. The molecule has 0 aliphatic carbocycles. The quantitative estimate of drug-likeness (QED) is 0.617. The van der Waals surface area contributed by atoms with Crippen LogP contribution in [0.5, 0.6) is 0 Å². The highest BCUT2D eigenvalue weighted by atomic mass is 35.5. The summed E-state index contributed by atoms with van der Waals surface area (Å²) in [6.45, 7) is 4.21. The van der Waals surface area contributed by atoms with Gasteiger partial charge in [-0.15, -0.1) is 0 Å². The zero-order chi connectivity index (χ0) is 17.0. The average molecular weight is 346 g/mol. The number of nitrogens with zero attached hydrogens (tertiary/aromatic N) is 2. The molecule has 1 aromatic carbocycles. The number of amides is 1. The van der Waals surface area contributed by atoms with Gasteiger partial charge in [-0.25, -0.2) is 4.39 Å². The predicted octanol–water partition coefficient (Wildman–Crippen LogP) is 1.62. The summed E-state index contributed by atoms with van der Waals surface area (Å²) in [5.41, 5.74) is -0.400. The van der Waals surface area contributed by atoms with Crippen molar-refractivity contribution in [2.45, 2.75) is 6.42 Å². The number of carbonyl (C=O) groups is 1. The van der Waals surface area contributed by atoms with Gasteiger partial charge in [0.1, 0.15) is 0 Å². The van der Waals surface area contributed by atoms with Crippen molar-refractivity contribution in [2.24, 2.45) is 0 Å². The van der Waals surface area contributed by atoms with Crippen LogP contribution < -0.4 is 5.32 Å². The molecule has 2 aliphatic rings. The van der Waals surface area contributed by atoms with Crippen LogP contribution in [0, 0.1) is 15.9 Å². The topological polar surface area (TPSA) is 84.7 Å². The molecule has 23 heavy (non-hydrogen) atoms. The second kappa shape index (κ2) is 7.67. The van der Waals surface area contributed by atoms with E-state index in [1.165, 1.54) is 4.90 Å². The number of nitrogens with one attached hydrogen (secondary N) is 1. The van der Waals surface area contributed by atoms with E-state index in [1.807, 2.05) is 0 Å². The lowest BCUT2D eigenvalue weighted by Crippen LogP contribution is -2.34. The fourth-order valence-corrected chi connectivity index (χ4v) is 2.56. The molecule has 9 heteroatoms. The monoisotopic (exact) mass is 345 g/mol. The lowest BCUT2D eigenvalue weighted by atomic mass is 9.98. The van der Waals surface area contributed by atoms with Gasteiger partial charge in [0.05, 0.1) is 23.7 Å². The first-order chi connectivity index (χ1) is 10.9. The fourth-order valence-electron chi connectivity index (χ4n) is 2.32. The summed E-state index contributed by atoms with van der Waals surface area (Å²) in [7, 11) is 1.56. The summed E-state index contributed by atoms with van der Waals surface area (Å²) in [6, 6.07) is 1.04. The highest BCUT2D eigenvalue weighted by molar-refractivity contribution is 6.33. The van der Waals surface area contributed by atoms with E-state index in [1.54, 1.807) is 7.05 Å². The Kier molecular flexibility index (Phi) is 5.86. The second-order valence-electron chi connectivity index (χ2n) is 5.15. The zero-order valence-electron chi connectivity index (χ0n) is 12.6. The predicted molar refractivity (Wildman–Crippen MR) is 82.4 cm³/mol. The highest BCUT2D eigenvalue weighted by Crippen LogP contribution is 2.34. The summed E-state index contributed by atoms with van der Waals surface area (Å²) < 4.78 is 18.8. The molecule has 2 aliphatic heterocycles. The number of nitro groups is 1. The summed E-state index contributed by atoms with van der Waals surface area (Å²) in [4.78, 5) is 23.0. The van der Waals surface area contributed by atoms with Gasteiger partial charge in [0, 0.05) is 38.3 Å². The van der Waals surface area contributed by atoms with Crippen LogP contribution >= 0.6 is 11.6 Å². The van der Waals surface area contributed by atoms with E-state index in [0.29, 0.717) is 13.0 Å². The highest BCUT2D eigenvalue weighted by Gasteiger charge is 2.30. The van der Waals surface area contributed by atoms with Crippen LogP contribution in [0.3, 0.4) is 0 Å². The van der Waals surface area contributed by atoms with Crippen LogP contribution in [-0.4, -0.2) is 55.6 Å². The minimum atomic E-state index is -0.864. The molecule has 126 valence electrons. The van der Waals surface area contributed by atoms with E-state index in [2.05, 4.69) is 5.32 Å². The maximum atomic E-state index is 13.8. The molecule has 1 fully saturated rings. The van der Waals surface area contributed by atoms with Crippen molar-refractivity contribution in [1.29, 1.82) is 0 Å². The minimum Gasteiger partial charge on any atom is -0.379 e. The number of likely N-dealkylation sites (N-methyl/N-ethyl adjacent to an activating group) is 1. The van der Waals surface area contributed by atoms with Gasteiger partial charge in [0.25, 0.3) is 11.6 Å². The number of fused-ring (bicyclic) bond motifs is 1. The molecular formula is C14H17ClFN3O4. The Morgan fingerprint density at radius 2 is 2.09 bits per heavy atom. The third-order valence-electron chi connectivity index (χ3n) is 3.61. The van der Waals surface area contributed by atoms with Crippen LogP contribution in [0.2, 0.25) is 5.02 Å². The normalized spacial score (nSPS) is 17.2. The summed E-state index contributed by atoms with van der Waals surface area (Å²) >= 11 is 5.57. The SMILES string of the molecule is C1COCCN1.CN1CCc2c(cc([N+](=O)[O-])c(Cl)c2F)C1=O. The van der Waals surface area contributed by atoms with Crippen molar-refractivity contribution in [2.75, 3.05) is 39.9 Å². The number of benzene rings is 1. The molecule has 0 saturated carbocycles. The van der Waals surface area contributed by atoms with E-state index in [0.717, 1.165) is 32.4 Å². The third-order valence-corrected chi connectivity index (χ3v) is 3.97. The van der Waals surface area contributed by atoms with Crippen LogP contribution in [0.15, 0.2) is 6.07 Å². The molecule has 0 atom stereocenters. The second-order valence-corrected chi connectivity index (χ2v) is 5.52.